The minimum Gasteiger partial charge on any atom is -0.365 e. The Morgan fingerprint density at radius 3 is 1.68 bits per heavy atom. The molecule has 0 aliphatic carbocycles. The lowest BCUT2D eigenvalue weighted by Gasteiger charge is -2.40. The van der Waals surface area contributed by atoms with Crippen LogP contribution in [0.1, 0.15) is 54.9 Å². The first-order chi connectivity index (χ1) is 16.5. The van der Waals surface area contributed by atoms with E-state index in [1.807, 2.05) is 12.1 Å². The molecule has 1 unspecified atom stereocenters. The van der Waals surface area contributed by atoms with E-state index < -0.39 is 0 Å². The van der Waals surface area contributed by atoms with Crippen molar-refractivity contribution in [1.29, 1.82) is 0 Å². The third-order valence-corrected chi connectivity index (χ3v) is 7.31. The van der Waals surface area contributed by atoms with Gasteiger partial charge < -0.3 is 4.74 Å². The highest BCUT2D eigenvalue weighted by Crippen LogP contribution is 2.40. The van der Waals surface area contributed by atoms with Crippen molar-refractivity contribution in [3.8, 4) is 0 Å². The van der Waals surface area contributed by atoms with Gasteiger partial charge in [0, 0.05) is 12.1 Å². The molecule has 0 N–H and O–H groups in total. The molecule has 0 radical (unpaired) electrons. The molecule has 2 aliphatic rings. The smallest absolute Gasteiger partial charge is 0.123 e. The van der Waals surface area contributed by atoms with Gasteiger partial charge in [-0.25, -0.2) is 13.2 Å². The van der Waals surface area contributed by atoms with Crippen LogP contribution in [0.3, 0.4) is 0 Å². The summed E-state index contributed by atoms with van der Waals surface area (Å²) in [5, 5.41) is 0. The van der Waals surface area contributed by atoms with Gasteiger partial charge in [0.15, 0.2) is 0 Å². The van der Waals surface area contributed by atoms with Gasteiger partial charge in [0.1, 0.15) is 23.6 Å². The molecule has 2 aliphatic heterocycles. The molecule has 5 rings (SSSR count). The highest BCUT2D eigenvalue weighted by molar-refractivity contribution is 5.30. The summed E-state index contributed by atoms with van der Waals surface area (Å²) in [6, 6.07) is 20.6. The predicted octanol–water partition coefficient (Wildman–Crippen LogP) is 6.84. The Hall–Kier alpha value is -2.63. The van der Waals surface area contributed by atoms with Crippen LogP contribution in [0.2, 0.25) is 0 Å². The topological polar surface area (TPSA) is 12.5 Å². The summed E-state index contributed by atoms with van der Waals surface area (Å²) in [6.45, 7) is 1.04. The third kappa shape index (κ3) is 5.37. The average molecular weight is 466 g/mol. The van der Waals surface area contributed by atoms with Crippen LogP contribution < -0.4 is 0 Å². The molecule has 0 spiro atoms. The Labute approximate surface area is 199 Å². The fourth-order valence-electron chi connectivity index (χ4n) is 5.63. The highest BCUT2D eigenvalue weighted by Gasteiger charge is 2.41. The van der Waals surface area contributed by atoms with E-state index in [9.17, 15) is 13.2 Å². The zero-order valence-corrected chi connectivity index (χ0v) is 19.2. The minimum absolute atomic E-state index is 0.103. The quantitative estimate of drug-likeness (QED) is 0.361. The maximum absolute atomic E-state index is 13.5. The van der Waals surface area contributed by atoms with Crippen molar-refractivity contribution >= 4 is 0 Å². The highest BCUT2D eigenvalue weighted by atomic mass is 19.1. The summed E-state index contributed by atoms with van der Waals surface area (Å²) in [5.41, 5.74) is 2.93. The van der Waals surface area contributed by atoms with Gasteiger partial charge in [-0.3, -0.25) is 4.90 Å². The van der Waals surface area contributed by atoms with Crippen LogP contribution in [-0.2, 0) is 11.2 Å². The van der Waals surface area contributed by atoms with E-state index in [-0.39, 0.29) is 29.7 Å². The molecular weight excluding hydrogens is 435 g/mol. The van der Waals surface area contributed by atoms with E-state index in [0.717, 1.165) is 43.4 Å². The van der Waals surface area contributed by atoms with E-state index in [2.05, 4.69) is 4.90 Å². The van der Waals surface area contributed by atoms with Crippen LogP contribution >= 0.6 is 0 Å². The van der Waals surface area contributed by atoms with Crippen LogP contribution in [0, 0.1) is 17.5 Å². The second kappa shape index (κ2) is 10.3. The second-order valence-corrected chi connectivity index (χ2v) is 9.57. The molecule has 0 amide bonds. The van der Waals surface area contributed by atoms with E-state index in [1.165, 1.54) is 54.8 Å². The number of hydrogen-bond acceptors (Lipinski definition) is 2. The van der Waals surface area contributed by atoms with E-state index in [0.29, 0.717) is 12.1 Å². The van der Waals surface area contributed by atoms with Crippen LogP contribution in [0.15, 0.2) is 72.8 Å². The van der Waals surface area contributed by atoms with Crippen molar-refractivity contribution in [2.45, 2.75) is 62.8 Å². The van der Waals surface area contributed by atoms with Crippen molar-refractivity contribution < 1.29 is 17.9 Å². The first-order valence-electron chi connectivity index (χ1n) is 12.2. The SMILES string of the molecule is Fc1ccc(CCCN2[C@@H]3CC[C@H]2CC(OC(c2ccc(F)cc2)c2ccc(F)cc2)C3)cc1. The summed E-state index contributed by atoms with van der Waals surface area (Å²) in [7, 11) is 0. The summed E-state index contributed by atoms with van der Waals surface area (Å²) in [6.07, 6.45) is 6.04. The minimum atomic E-state index is -0.351. The van der Waals surface area contributed by atoms with Crippen molar-refractivity contribution in [2.75, 3.05) is 6.54 Å². The molecular formula is C29H30F3NO. The lowest BCUT2D eigenvalue weighted by molar-refractivity contribution is -0.0483. The summed E-state index contributed by atoms with van der Waals surface area (Å²) < 4.78 is 46.9. The van der Waals surface area contributed by atoms with Gasteiger partial charge >= 0.3 is 0 Å². The molecule has 0 aromatic heterocycles. The molecule has 2 heterocycles. The molecule has 2 saturated heterocycles. The maximum atomic E-state index is 13.5. The summed E-state index contributed by atoms with van der Waals surface area (Å²) in [5.74, 6) is -0.759. The monoisotopic (exact) mass is 465 g/mol. The maximum Gasteiger partial charge on any atom is 0.123 e. The number of hydrogen-bond donors (Lipinski definition) is 0. The molecule has 3 atom stereocenters. The number of ether oxygens (including phenoxy) is 1. The van der Waals surface area contributed by atoms with Gasteiger partial charge in [-0.15, -0.1) is 0 Å². The molecule has 0 saturated carbocycles. The third-order valence-electron chi connectivity index (χ3n) is 7.31. The molecule has 178 valence electrons. The molecule has 2 bridgehead atoms. The number of halogens is 3. The first kappa shape index (κ1) is 23.1. The predicted molar refractivity (Wildman–Crippen MR) is 127 cm³/mol. The van der Waals surface area contributed by atoms with Crippen molar-refractivity contribution in [1.82, 2.24) is 4.90 Å². The number of nitrogens with zero attached hydrogens (tertiary/aromatic N) is 1. The van der Waals surface area contributed by atoms with Crippen LogP contribution in [0.5, 0.6) is 0 Å². The average Bonchev–Trinajstić information content (AvgIpc) is 3.07. The normalized spacial score (nSPS) is 22.4. The van der Waals surface area contributed by atoms with Crippen LogP contribution in [-0.4, -0.2) is 29.6 Å². The summed E-state index contributed by atoms with van der Waals surface area (Å²) in [4.78, 5) is 2.63. The van der Waals surface area contributed by atoms with Crippen LogP contribution in [0.4, 0.5) is 13.2 Å². The molecule has 5 heteroatoms. The number of fused-ring (bicyclic) bond motifs is 2. The fraction of sp³-hybridized carbons (Fsp3) is 0.379. The number of rotatable bonds is 8. The van der Waals surface area contributed by atoms with Gasteiger partial charge in [-0.2, -0.15) is 0 Å². The van der Waals surface area contributed by atoms with Crippen molar-refractivity contribution in [3.05, 3.63) is 107 Å². The molecule has 34 heavy (non-hydrogen) atoms. The lowest BCUT2D eigenvalue weighted by atomic mass is 9.96. The second-order valence-electron chi connectivity index (χ2n) is 9.57. The Bertz CT molecular complexity index is 1010. The number of piperidine rings is 1. The molecule has 3 aromatic carbocycles. The Kier molecular flexibility index (Phi) is 7.02. The summed E-state index contributed by atoms with van der Waals surface area (Å²) >= 11 is 0. The van der Waals surface area contributed by atoms with Crippen molar-refractivity contribution in [3.63, 3.8) is 0 Å². The molecule has 2 nitrogen and oxygen atoms in total. The fourth-order valence-corrected chi connectivity index (χ4v) is 5.63. The van der Waals surface area contributed by atoms with Crippen molar-refractivity contribution in [2.24, 2.45) is 0 Å². The van der Waals surface area contributed by atoms with Crippen LogP contribution in [0.25, 0.3) is 0 Å². The van der Waals surface area contributed by atoms with Gasteiger partial charge in [-0.05, 0) is 98.2 Å². The first-order valence-corrected chi connectivity index (χ1v) is 12.2. The van der Waals surface area contributed by atoms with E-state index in [4.69, 9.17) is 4.74 Å². The Morgan fingerprint density at radius 1 is 0.706 bits per heavy atom. The van der Waals surface area contributed by atoms with Gasteiger partial charge in [0.25, 0.3) is 0 Å². The number of aryl methyl sites for hydroxylation is 1. The lowest BCUT2D eigenvalue weighted by Crippen LogP contribution is -2.46. The standard InChI is InChI=1S/C29H30F3NO/c30-23-9-3-20(4-10-23)2-1-17-33-26-15-16-27(33)19-28(18-26)34-29(21-5-11-24(31)12-6-21)22-7-13-25(32)14-8-22/h3-14,26-29H,1-2,15-19H2/t26-,27+,28?. The largest absolute Gasteiger partial charge is 0.365 e. The Balaban J connectivity index is 1.23. The zero-order chi connectivity index (χ0) is 23.5. The molecule has 2 fully saturated rings. The van der Waals surface area contributed by atoms with Gasteiger partial charge in [0.2, 0.25) is 0 Å². The van der Waals surface area contributed by atoms with E-state index >= 15 is 0 Å². The van der Waals surface area contributed by atoms with Gasteiger partial charge in [0.05, 0.1) is 6.10 Å². The number of benzene rings is 3. The molecule has 3 aromatic rings. The Morgan fingerprint density at radius 2 is 1.18 bits per heavy atom. The zero-order valence-electron chi connectivity index (χ0n) is 19.2. The van der Waals surface area contributed by atoms with E-state index in [1.54, 1.807) is 24.3 Å². The van der Waals surface area contributed by atoms with Gasteiger partial charge in [-0.1, -0.05) is 36.4 Å².